The van der Waals surface area contributed by atoms with Gasteiger partial charge in [0.25, 0.3) is 0 Å². The number of amides is 1. The number of primary amides is 1. The Morgan fingerprint density at radius 2 is 2.27 bits per heavy atom. The summed E-state index contributed by atoms with van der Waals surface area (Å²) in [6.45, 7) is 1.60. The third kappa shape index (κ3) is 1.50. The van der Waals surface area contributed by atoms with Crippen LogP contribution in [0.5, 0.6) is 0 Å². The number of rotatable bonds is 2. The average molecular weight is 206 g/mol. The lowest BCUT2D eigenvalue weighted by Crippen LogP contribution is -2.28. The molecule has 2 N–H and O–H groups in total. The molecule has 2 aromatic rings. The van der Waals surface area contributed by atoms with Crippen molar-refractivity contribution in [1.29, 1.82) is 0 Å². The highest BCUT2D eigenvalue weighted by Gasteiger charge is 2.09. The lowest BCUT2D eigenvalue weighted by Gasteiger charge is -1.94. The molecule has 0 spiro atoms. The zero-order chi connectivity index (χ0) is 11.0. The highest BCUT2D eigenvalue weighted by molar-refractivity contribution is 5.73. The van der Waals surface area contributed by atoms with Gasteiger partial charge in [-0.3, -0.25) is 4.79 Å². The van der Waals surface area contributed by atoms with Gasteiger partial charge in [-0.25, -0.2) is 13.9 Å². The lowest BCUT2D eigenvalue weighted by atomic mass is 10.4. The van der Waals surface area contributed by atoms with Crippen LogP contribution in [0.1, 0.15) is 5.69 Å². The van der Waals surface area contributed by atoms with Crippen molar-refractivity contribution in [2.75, 3.05) is 0 Å². The van der Waals surface area contributed by atoms with Crippen molar-refractivity contribution < 1.29 is 4.79 Å². The van der Waals surface area contributed by atoms with Crippen LogP contribution in [0, 0.1) is 6.92 Å². The molecule has 1 amide bonds. The van der Waals surface area contributed by atoms with Gasteiger partial charge in [0, 0.05) is 5.69 Å². The van der Waals surface area contributed by atoms with Crippen molar-refractivity contribution in [1.82, 2.24) is 14.2 Å². The van der Waals surface area contributed by atoms with Gasteiger partial charge in [-0.2, -0.15) is 0 Å². The normalized spacial score (nSPS) is 10.7. The van der Waals surface area contributed by atoms with Crippen LogP contribution in [-0.2, 0) is 11.3 Å². The van der Waals surface area contributed by atoms with E-state index in [-0.39, 0.29) is 12.2 Å². The van der Waals surface area contributed by atoms with Crippen LogP contribution in [0.2, 0.25) is 0 Å². The minimum absolute atomic E-state index is 0.194. The van der Waals surface area contributed by atoms with E-state index >= 15 is 0 Å². The average Bonchev–Trinajstić information content (AvgIpc) is 2.44. The second-order valence-electron chi connectivity index (χ2n) is 3.27. The molecule has 0 aromatic carbocycles. The van der Waals surface area contributed by atoms with Gasteiger partial charge in [0.15, 0.2) is 5.65 Å². The topological polar surface area (TPSA) is 82.4 Å². The van der Waals surface area contributed by atoms with Crippen LogP contribution in [0.25, 0.3) is 5.65 Å². The summed E-state index contributed by atoms with van der Waals surface area (Å²) >= 11 is 0. The first kappa shape index (κ1) is 9.45. The Bertz CT molecular complexity index is 581. The maximum atomic E-state index is 11.7. The molecule has 0 fully saturated rings. The van der Waals surface area contributed by atoms with E-state index in [0.29, 0.717) is 5.65 Å². The Morgan fingerprint density at radius 3 is 2.87 bits per heavy atom. The number of carbonyl (C=O) groups excluding carboxylic acids is 1. The summed E-state index contributed by atoms with van der Waals surface area (Å²) in [5.74, 6) is -0.585. The number of hydrogen-bond donors (Lipinski definition) is 1. The van der Waals surface area contributed by atoms with Crippen LogP contribution in [0.15, 0.2) is 23.0 Å². The molecule has 0 saturated heterocycles. The van der Waals surface area contributed by atoms with E-state index in [4.69, 9.17) is 5.73 Å². The first-order valence-corrected chi connectivity index (χ1v) is 4.43. The number of carbonyl (C=O) groups is 1. The molecular formula is C9H10N4O2. The fraction of sp³-hybridized carbons (Fsp3) is 0.222. The predicted octanol–water partition coefficient (Wildman–Crippen LogP) is -0.710. The van der Waals surface area contributed by atoms with E-state index in [9.17, 15) is 9.59 Å². The molecule has 2 heterocycles. The SMILES string of the molecule is Cc1cccc2nn(CC(N)=O)c(=O)n12. The lowest BCUT2D eigenvalue weighted by molar-refractivity contribution is -0.118. The number of aryl methyl sites for hydroxylation is 1. The number of hydrogen-bond acceptors (Lipinski definition) is 3. The van der Waals surface area contributed by atoms with E-state index < -0.39 is 5.91 Å². The molecule has 2 aromatic heterocycles. The van der Waals surface area contributed by atoms with Crippen LogP contribution in [0.3, 0.4) is 0 Å². The van der Waals surface area contributed by atoms with E-state index in [1.54, 1.807) is 25.1 Å². The number of aromatic nitrogens is 3. The summed E-state index contributed by atoms with van der Waals surface area (Å²) in [6, 6.07) is 5.29. The van der Waals surface area contributed by atoms with Crippen LogP contribution in [-0.4, -0.2) is 20.1 Å². The second-order valence-corrected chi connectivity index (χ2v) is 3.27. The number of nitrogens with zero attached hydrogens (tertiary/aromatic N) is 3. The van der Waals surface area contributed by atoms with E-state index in [1.807, 2.05) is 0 Å². The molecule has 0 aliphatic heterocycles. The summed E-state index contributed by atoms with van der Waals surface area (Å²) in [5.41, 5.74) is 5.95. The fourth-order valence-corrected chi connectivity index (χ4v) is 1.46. The van der Waals surface area contributed by atoms with Crippen molar-refractivity contribution in [3.8, 4) is 0 Å². The summed E-state index contributed by atoms with van der Waals surface area (Å²) in [6.07, 6.45) is 0. The smallest absolute Gasteiger partial charge is 0.351 e. The molecule has 15 heavy (non-hydrogen) atoms. The minimum Gasteiger partial charge on any atom is -0.368 e. The molecule has 0 atom stereocenters. The third-order valence-electron chi connectivity index (χ3n) is 2.11. The fourth-order valence-electron chi connectivity index (χ4n) is 1.46. The first-order valence-electron chi connectivity index (χ1n) is 4.43. The van der Waals surface area contributed by atoms with Gasteiger partial charge in [0.05, 0.1) is 0 Å². The number of fused-ring (bicyclic) bond motifs is 1. The molecule has 0 bridgehead atoms. The number of pyridine rings is 1. The Balaban J connectivity index is 2.70. The molecule has 2 rings (SSSR count). The summed E-state index contributed by atoms with van der Waals surface area (Å²) in [5, 5.41) is 3.98. The first-order chi connectivity index (χ1) is 7.09. The van der Waals surface area contributed by atoms with Crippen molar-refractivity contribution in [3.63, 3.8) is 0 Å². The molecule has 0 saturated carbocycles. The maximum Gasteiger partial charge on any atom is 0.351 e. The summed E-state index contributed by atoms with van der Waals surface area (Å²) < 4.78 is 2.49. The largest absolute Gasteiger partial charge is 0.368 e. The van der Waals surface area contributed by atoms with Crippen molar-refractivity contribution in [3.05, 3.63) is 34.4 Å². The number of nitrogens with two attached hydrogens (primary N) is 1. The van der Waals surface area contributed by atoms with E-state index in [1.165, 1.54) is 4.40 Å². The third-order valence-corrected chi connectivity index (χ3v) is 2.11. The summed E-state index contributed by atoms with van der Waals surface area (Å²) in [7, 11) is 0. The van der Waals surface area contributed by atoms with Gasteiger partial charge in [0.2, 0.25) is 5.91 Å². The van der Waals surface area contributed by atoms with E-state index in [2.05, 4.69) is 5.10 Å². The monoisotopic (exact) mass is 206 g/mol. The molecule has 0 radical (unpaired) electrons. The zero-order valence-corrected chi connectivity index (χ0v) is 8.17. The molecule has 6 heteroatoms. The molecular weight excluding hydrogens is 196 g/mol. The van der Waals surface area contributed by atoms with Gasteiger partial charge >= 0.3 is 5.69 Å². The van der Waals surface area contributed by atoms with Gasteiger partial charge < -0.3 is 5.73 Å². The Morgan fingerprint density at radius 1 is 1.53 bits per heavy atom. The van der Waals surface area contributed by atoms with Crippen LogP contribution >= 0.6 is 0 Å². The Hall–Kier alpha value is -2.11. The molecule has 0 aliphatic rings. The maximum absolute atomic E-state index is 11.7. The van der Waals surface area contributed by atoms with Crippen molar-refractivity contribution in [2.24, 2.45) is 5.73 Å². The Labute approximate surface area is 84.9 Å². The quantitative estimate of drug-likeness (QED) is 0.704. The van der Waals surface area contributed by atoms with Crippen LogP contribution in [0.4, 0.5) is 0 Å². The molecule has 0 aliphatic carbocycles. The standard InChI is InChI=1S/C9H10N4O2/c1-6-3-2-4-8-11-12(5-7(10)14)9(15)13(6)8/h2-4H,5H2,1H3,(H2,10,14). The molecule has 6 nitrogen and oxygen atoms in total. The van der Waals surface area contributed by atoms with Gasteiger partial charge in [-0.15, -0.1) is 5.10 Å². The van der Waals surface area contributed by atoms with Gasteiger partial charge in [-0.05, 0) is 19.1 Å². The Kier molecular flexibility index (Phi) is 2.03. The van der Waals surface area contributed by atoms with Crippen molar-refractivity contribution in [2.45, 2.75) is 13.5 Å². The predicted molar refractivity (Wildman–Crippen MR) is 53.4 cm³/mol. The molecule has 0 unspecified atom stereocenters. The highest BCUT2D eigenvalue weighted by Crippen LogP contribution is 2.00. The van der Waals surface area contributed by atoms with Gasteiger partial charge in [0.1, 0.15) is 6.54 Å². The van der Waals surface area contributed by atoms with Crippen LogP contribution < -0.4 is 11.4 Å². The second kappa shape index (κ2) is 3.23. The van der Waals surface area contributed by atoms with Crippen molar-refractivity contribution >= 4 is 11.6 Å². The van der Waals surface area contributed by atoms with E-state index in [0.717, 1.165) is 10.4 Å². The highest BCUT2D eigenvalue weighted by atomic mass is 16.2. The zero-order valence-electron chi connectivity index (χ0n) is 8.17. The minimum atomic E-state index is -0.585. The van der Waals surface area contributed by atoms with Gasteiger partial charge in [-0.1, -0.05) is 6.07 Å². The summed E-state index contributed by atoms with van der Waals surface area (Å²) in [4.78, 5) is 22.4. The molecule has 78 valence electrons.